The van der Waals surface area contributed by atoms with Gasteiger partial charge in [0.05, 0.1) is 18.5 Å². The zero-order chi connectivity index (χ0) is 13.9. The van der Waals surface area contributed by atoms with Crippen LogP contribution in [0, 0.1) is 0 Å². The Bertz CT molecular complexity index is 728. The van der Waals surface area contributed by atoms with Crippen molar-refractivity contribution in [3.05, 3.63) is 41.5 Å². The van der Waals surface area contributed by atoms with E-state index in [0.29, 0.717) is 5.69 Å². The van der Waals surface area contributed by atoms with Crippen LogP contribution < -0.4 is 4.74 Å². The standard InChI is InChI=1S/C15H14N2O2S/c1-2-7-19-13-5-3-11(4-6-13)14-10-20-15-16-8-12(9-18)17(14)15/h3-6,8-10H,2,7H2,1H3. The van der Waals surface area contributed by atoms with E-state index in [0.717, 1.165) is 41.3 Å². The van der Waals surface area contributed by atoms with Crippen LogP contribution in [0.25, 0.3) is 16.2 Å². The summed E-state index contributed by atoms with van der Waals surface area (Å²) in [5.74, 6) is 0.864. The molecule has 0 fully saturated rings. The van der Waals surface area contributed by atoms with Crippen molar-refractivity contribution in [1.29, 1.82) is 0 Å². The van der Waals surface area contributed by atoms with Gasteiger partial charge in [0.15, 0.2) is 11.2 Å². The van der Waals surface area contributed by atoms with Crippen LogP contribution in [0.1, 0.15) is 23.8 Å². The van der Waals surface area contributed by atoms with E-state index in [1.807, 2.05) is 34.0 Å². The zero-order valence-electron chi connectivity index (χ0n) is 11.1. The van der Waals surface area contributed by atoms with Gasteiger partial charge in [-0.05, 0) is 36.2 Å². The number of aldehydes is 1. The Morgan fingerprint density at radius 1 is 1.35 bits per heavy atom. The molecule has 0 unspecified atom stereocenters. The molecule has 0 bridgehead atoms. The van der Waals surface area contributed by atoms with Gasteiger partial charge in [0.2, 0.25) is 0 Å². The van der Waals surface area contributed by atoms with Gasteiger partial charge < -0.3 is 4.74 Å². The minimum atomic E-state index is 0.572. The average molecular weight is 286 g/mol. The minimum absolute atomic E-state index is 0.572. The molecule has 5 heteroatoms. The van der Waals surface area contributed by atoms with Gasteiger partial charge in [-0.1, -0.05) is 6.92 Å². The monoisotopic (exact) mass is 286 g/mol. The fourth-order valence-electron chi connectivity index (χ4n) is 2.06. The lowest BCUT2D eigenvalue weighted by Crippen LogP contribution is -1.95. The van der Waals surface area contributed by atoms with Crippen LogP contribution in [0.5, 0.6) is 5.75 Å². The Hall–Kier alpha value is -2.14. The molecule has 0 aliphatic carbocycles. The molecule has 0 aliphatic rings. The predicted molar refractivity (Wildman–Crippen MR) is 79.7 cm³/mol. The lowest BCUT2D eigenvalue weighted by molar-refractivity contribution is 0.111. The molecule has 0 spiro atoms. The van der Waals surface area contributed by atoms with E-state index in [1.165, 1.54) is 11.3 Å². The highest BCUT2D eigenvalue weighted by molar-refractivity contribution is 7.15. The molecule has 2 heterocycles. The maximum absolute atomic E-state index is 11.1. The summed E-state index contributed by atoms with van der Waals surface area (Å²) in [6, 6.07) is 7.90. The number of imidazole rings is 1. The molecule has 0 radical (unpaired) electrons. The molecule has 0 N–H and O–H groups in total. The predicted octanol–water partition coefficient (Wildman–Crippen LogP) is 3.66. The zero-order valence-corrected chi connectivity index (χ0v) is 11.9. The molecular formula is C15H14N2O2S. The second-order valence-corrected chi connectivity index (χ2v) is 5.25. The van der Waals surface area contributed by atoms with Crippen LogP contribution >= 0.6 is 11.3 Å². The normalized spacial score (nSPS) is 10.8. The molecular weight excluding hydrogens is 272 g/mol. The molecule has 3 aromatic rings. The van der Waals surface area contributed by atoms with Gasteiger partial charge in [-0.15, -0.1) is 11.3 Å². The van der Waals surface area contributed by atoms with Crippen molar-refractivity contribution in [3.63, 3.8) is 0 Å². The topological polar surface area (TPSA) is 43.6 Å². The molecule has 0 amide bonds. The summed E-state index contributed by atoms with van der Waals surface area (Å²) in [5.41, 5.74) is 2.59. The van der Waals surface area contributed by atoms with Crippen LogP contribution in [0.2, 0.25) is 0 Å². The highest BCUT2D eigenvalue weighted by Gasteiger charge is 2.11. The first-order valence-electron chi connectivity index (χ1n) is 6.47. The summed E-state index contributed by atoms with van der Waals surface area (Å²) in [5, 5.41) is 2.01. The summed E-state index contributed by atoms with van der Waals surface area (Å²) in [6.45, 7) is 2.80. The number of hydrogen-bond acceptors (Lipinski definition) is 4. The lowest BCUT2D eigenvalue weighted by atomic mass is 10.1. The summed E-state index contributed by atoms with van der Waals surface area (Å²) in [7, 11) is 0. The number of carbonyl (C=O) groups excluding carboxylic acids is 1. The van der Waals surface area contributed by atoms with Crippen LogP contribution in [-0.2, 0) is 0 Å². The Morgan fingerprint density at radius 3 is 2.85 bits per heavy atom. The van der Waals surface area contributed by atoms with Gasteiger partial charge in [0.25, 0.3) is 0 Å². The molecule has 1 aromatic carbocycles. The van der Waals surface area contributed by atoms with E-state index in [1.54, 1.807) is 6.20 Å². The van der Waals surface area contributed by atoms with Crippen molar-refractivity contribution in [2.45, 2.75) is 13.3 Å². The molecule has 0 atom stereocenters. The number of rotatable bonds is 5. The molecule has 20 heavy (non-hydrogen) atoms. The van der Waals surface area contributed by atoms with E-state index in [2.05, 4.69) is 11.9 Å². The molecule has 0 aliphatic heterocycles. The highest BCUT2D eigenvalue weighted by atomic mass is 32.1. The van der Waals surface area contributed by atoms with Gasteiger partial charge >= 0.3 is 0 Å². The summed E-state index contributed by atoms with van der Waals surface area (Å²) in [6.07, 6.45) is 3.42. The van der Waals surface area contributed by atoms with E-state index in [-0.39, 0.29) is 0 Å². The molecule has 0 saturated carbocycles. The van der Waals surface area contributed by atoms with Crippen LogP contribution in [0.3, 0.4) is 0 Å². The van der Waals surface area contributed by atoms with Crippen LogP contribution in [0.15, 0.2) is 35.8 Å². The second-order valence-electron chi connectivity index (χ2n) is 4.41. The number of aromatic nitrogens is 2. The van der Waals surface area contributed by atoms with Crippen molar-refractivity contribution in [2.75, 3.05) is 6.61 Å². The van der Waals surface area contributed by atoms with E-state index >= 15 is 0 Å². The van der Waals surface area contributed by atoms with Gasteiger partial charge in [0.1, 0.15) is 11.4 Å². The number of thiazole rings is 1. The smallest absolute Gasteiger partial charge is 0.194 e. The second kappa shape index (κ2) is 5.46. The number of hydrogen-bond donors (Lipinski definition) is 0. The maximum atomic E-state index is 11.1. The SMILES string of the molecule is CCCOc1ccc(-c2csc3ncc(C=O)n23)cc1. The van der Waals surface area contributed by atoms with E-state index < -0.39 is 0 Å². The number of fused-ring (bicyclic) bond motifs is 1. The highest BCUT2D eigenvalue weighted by Crippen LogP contribution is 2.28. The summed E-state index contributed by atoms with van der Waals surface area (Å²) >= 11 is 1.52. The van der Waals surface area contributed by atoms with E-state index in [9.17, 15) is 4.79 Å². The first kappa shape index (κ1) is 12.9. The average Bonchev–Trinajstić information content (AvgIpc) is 3.07. The molecule has 3 rings (SSSR count). The van der Waals surface area contributed by atoms with Crippen molar-refractivity contribution < 1.29 is 9.53 Å². The number of ether oxygens (including phenoxy) is 1. The number of nitrogens with zero attached hydrogens (tertiary/aromatic N) is 2. The van der Waals surface area contributed by atoms with Crippen LogP contribution in [0.4, 0.5) is 0 Å². The van der Waals surface area contributed by atoms with Gasteiger partial charge in [-0.25, -0.2) is 4.98 Å². The van der Waals surface area contributed by atoms with Gasteiger partial charge in [0, 0.05) is 5.38 Å². The van der Waals surface area contributed by atoms with Crippen molar-refractivity contribution >= 4 is 22.6 Å². The maximum Gasteiger partial charge on any atom is 0.194 e. The Labute approximate surface area is 120 Å². The van der Waals surface area contributed by atoms with Crippen molar-refractivity contribution in [3.8, 4) is 17.0 Å². The lowest BCUT2D eigenvalue weighted by Gasteiger charge is -2.06. The molecule has 2 aromatic heterocycles. The van der Waals surface area contributed by atoms with Gasteiger partial charge in [-0.2, -0.15) is 0 Å². The molecule has 4 nitrogen and oxygen atoms in total. The third-order valence-corrected chi connectivity index (χ3v) is 3.86. The number of benzene rings is 1. The Kier molecular flexibility index (Phi) is 3.52. The van der Waals surface area contributed by atoms with Crippen molar-refractivity contribution in [2.24, 2.45) is 0 Å². The quantitative estimate of drug-likeness (QED) is 0.672. The first-order chi connectivity index (χ1) is 9.83. The Morgan fingerprint density at radius 2 is 2.15 bits per heavy atom. The minimum Gasteiger partial charge on any atom is -0.494 e. The fraction of sp³-hybridized carbons (Fsp3) is 0.200. The van der Waals surface area contributed by atoms with Crippen LogP contribution in [-0.4, -0.2) is 22.3 Å². The van der Waals surface area contributed by atoms with E-state index in [4.69, 9.17) is 4.74 Å². The first-order valence-corrected chi connectivity index (χ1v) is 7.35. The number of carbonyl (C=O) groups is 1. The summed E-state index contributed by atoms with van der Waals surface area (Å²) in [4.78, 5) is 16.1. The molecule has 0 saturated heterocycles. The van der Waals surface area contributed by atoms with Gasteiger partial charge in [-0.3, -0.25) is 9.20 Å². The Balaban J connectivity index is 1.98. The van der Waals surface area contributed by atoms with Crippen molar-refractivity contribution in [1.82, 2.24) is 9.38 Å². The third-order valence-electron chi connectivity index (χ3n) is 3.02. The molecule has 102 valence electrons. The fourth-order valence-corrected chi connectivity index (χ4v) is 2.94. The largest absolute Gasteiger partial charge is 0.494 e. The summed E-state index contributed by atoms with van der Waals surface area (Å²) < 4.78 is 7.45. The third kappa shape index (κ3) is 2.20.